The van der Waals surface area contributed by atoms with Crippen LogP contribution in [0.15, 0.2) is 0 Å². The summed E-state index contributed by atoms with van der Waals surface area (Å²) in [6, 6.07) is 0.803. The van der Waals surface area contributed by atoms with Crippen LogP contribution in [0.1, 0.15) is 40.0 Å². The molecule has 1 rings (SSSR count). The third-order valence-corrected chi connectivity index (χ3v) is 4.28. The van der Waals surface area contributed by atoms with Crippen molar-refractivity contribution in [2.45, 2.75) is 46.1 Å². The highest BCUT2D eigenvalue weighted by Gasteiger charge is 2.26. The van der Waals surface area contributed by atoms with E-state index in [0.29, 0.717) is 0 Å². The van der Waals surface area contributed by atoms with Crippen molar-refractivity contribution in [1.82, 2.24) is 5.32 Å². The SMILES string of the molecule is CCNC1CSCC1CCCC(C)C. The fraction of sp³-hybridized carbons (Fsp3) is 1.00. The third kappa shape index (κ3) is 4.22. The standard InChI is InChI=1S/C12H25NS/c1-4-13-12-9-14-8-11(12)7-5-6-10(2)3/h10-13H,4-9H2,1-3H3. The molecule has 1 N–H and O–H groups in total. The van der Waals surface area contributed by atoms with Crippen LogP contribution >= 0.6 is 11.8 Å². The van der Waals surface area contributed by atoms with Gasteiger partial charge in [-0.15, -0.1) is 0 Å². The van der Waals surface area contributed by atoms with Crippen LogP contribution in [0.5, 0.6) is 0 Å². The van der Waals surface area contributed by atoms with Gasteiger partial charge in [-0.3, -0.25) is 0 Å². The summed E-state index contributed by atoms with van der Waals surface area (Å²) in [4.78, 5) is 0. The van der Waals surface area contributed by atoms with Crippen molar-refractivity contribution in [3.63, 3.8) is 0 Å². The molecular formula is C12H25NS. The zero-order chi connectivity index (χ0) is 10.4. The van der Waals surface area contributed by atoms with Crippen LogP contribution in [0.4, 0.5) is 0 Å². The van der Waals surface area contributed by atoms with Gasteiger partial charge in [0.25, 0.3) is 0 Å². The van der Waals surface area contributed by atoms with Crippen molar-refractivity contribution in [2.75, 3.05) is 18.1 Å². The summed E-state index contributed by atoms with van der Waals surface area (Å²) in [7, 11) is 0. The Hall–Kier alpha value is 0.310. The predicted molar refractivity (Wildman–Crippen MR) is 67.0 cm³/mol. The third-order valence-electron chi connectivity index (χ3n) is 3.02. The van der Waals surface area contributed by atoms with Gasteiger partial charge in [0, 0.05) is 11.8 Å². The highest BCUT2D eigenvalue weighted by molar-refractivity contribution is 7.99. The first-order valence-electron chi connectivity index (χ1n) is 6.05. The van der Waals surface area contributed by atoms with Crippen molar-refractivity contribution < 1.29 is 0 Å². The van der Waals surface area contributed by atoms with E-state index in [1.807, 2.05) is 0 Å². The van der Waals surface area contributed by atoms with Crippen LogP contribution in [0.3, 0.4) is 0 Å². The Kier molecular flexibility index (Phi) is 5.95. The highest BCUT2D eigenvalue weighted by atomic mass is 32.2. The molecule has 14 heavy (non-hydrogen) atoms. The van der Waals surface area contributed by atoms with Gasteiger partial charge in [0.15, 0.2) is 0 Å². The molecule has 0 aromatic carbocycles. The van der Waals surface area contributed by atoms with E-state index in [-0.39, 0.29) is 0 Å². The van der Waals surface area contributed by atoms with Gasteiger partial charge >= 0.3 is 0 Å². The molecule has 1 nitrogen and oxygen atoms in total. The van der Waals surface area contributed by atoms with E-state index < -0.39 is 0 Å². The van der Waals surface area contributed by atoms with Crippen LogP contribution in [-0.2, 0) is 0 Å². The Morgan fingerprint density at radius 1 is 1.36 bits per heavy atom. The number of thioether (sulfide) groups is 1. The first-order chi connectivity index (χ1) is 6.74. The Balaban J connectivity index is 2.15. The second kappa shape index (κ2) is 6.73. The molecule has 1 fully saturated rings. The first kappa shape index (κ1) is 12.4. The lowest BCUT2D eigenvalue weighted by Crippen LogP contribution is -2.35. The molecule has 2 atom stereocenters. The maximum absolute atomic E-state index is 3.61. The van der Waals surface area contributed by atoms with E-state index in [1.165, 1.54) is 30.8 Å². The monoisotopic (exact) mass is 215 g/mol. The predicted octanol–water partition coefficient (Wildman–Crippen LogP) is 3.15. The molecule has 0 aromatic rings. The van der Waals surface area contributed by atoms with Crippen molar-refractivity contribution >= 4 is 11.8 Å². The van der Waals surface area contributed by atoms with Crippen LogP contribution in [-0.4, -0.2) is 24.1 Å². The minimum absolute atomic E-state index is 0.803. The van der Waals surface area contributed by atoms with E-state index in [4.69, 9.17) is 0 Å². The molecule has 0 radical (unpaired) electrons. The minimum Gasteiger partial charge on any atom is -0.313 e. The molecule has 84 valence electrons. The molecule has 0 saturated carbocycles. The van der Waals surface area contributed by atoms with Gasteiger partial charge in [0.05, 0.1) is 0 Å². The molecule has 0 amide bonds. The number of rotatable bonds is 6. The second-order valence-electron chi connectivity index (χ2n) is 4.79. The summed E-state index contributed by atoms with van der Waals surface area (Å²) in [5.41, 5.74) is 0. The highest BCUT2D eigenvalue weighted by Crippen LogP contribution is 2.28. The fourth-order valence-electron chi connectivity index (χ4n) is 2.16. The molecule has 1 heterocycles. The van der Waals surface area contributed by atoms with Crippen molar-refractivity contribution in [3.8, 4) is 0 Å². The average molecular weight is 215 g/mol. The lowest BCUT2D eigenvalue weighted by atomic mass is 9.94. The maximum atomic E-state index is 3.61. The molecule has 2 unspecified atom stereocenters. The topological polar surface area (TPSA) is 12.0 Å². The zero-order valence-corrected chi connectivity index (χ0v) is 10.7. The van der Waals surface area contributed by atoms with Gasteiger partial charge in [-0.05, 0) is 30.6 Å². The minimum atomic E-state index is 0.803. The summed E-state index contributed by atoms with van der Waals surface area (Å²) >= 11 is 2.13. The normalized spacial score (nSPS) is 27.4. The summed E-state index contributed by atoms with van der Waals surface area (Å²) in [6.07, 6.45) is 4.26. The van der Waals surface area contributed by atoms with Gasteiger partial charge < -0.3 is 5.32 Å². The van der Waals surface area contributed by atoms with Gasteiger partial charge in [0.1, 0.15) is 0 Å². The van der Waals surface area contributed by atoms with Crippen molar-refractivity contribution in [1.29, 1.82) is 0 Å². The molecule has 0 aliphatic carbocycles. The quantitative estimate of drug-likeness (QED) is 0.730. The van der Waals surface area contributed by atoms with Crippen molar-refractivity contribution in [2.24, 2.45) is 11.8 Å². The van der Waals surface area contributed by atoms with E-state index in [0.717, 1.165) is 24.4 Å². The lowest BCUT2D eigenvalue weighted by Gasteiger charge is -2.19. The van der Waals surface area contributed by atoms with Gasteiger partial charge in [0.2, 0.25) is 0 Å². The Bertz CT molecular complexity index is 147. The average Bonchev–Trinajstić information content (AvgIpc) is 2.53. The van der Waals surface area contributed by atoms with Gasteiger partial charge in [-0.2, -0.15) is 11.8 Å². The smallest absolute Gasteiger partial charge is 0.0194 e. The molecular weight excluding hydrogens is 190 g/mol. The molecule has 1 aliphatic rings. The summed E-state index contributed by atoms with van der Waals surface area (Å²) in [5, 5.41) is 3.61. The number of hydrogen-bond acceptors (Lipinski definition) is 2. The maximum Gasteiger partial charge on any atom is 0.0194 e. The molecule has 0 spiro atoms. The van der Waals surface area contributed by atoms with E-state index in [1.54, 1.807) is 0 Å². The first-order valence-corrected chi connectivity index (χ1v) is 7.20. The second-order valence-corrected chi connectivity index (χ2v) is 5.86. The number of hydrogen-bond donors (Lipinski definition) is 1. The van der Waals surface area contributed by atoms with E-state index in [9.17, 15) is 0 Å². The summed E-state index contributed by atoms with van der Waals surface area (Å²) in [6.45, 7) is 8.00. The number of nitrogens with one attached hydrogen (secondary N) is 1. The Labute approximate surface area is 93.4 Å². The van der Waals surface area contributed by atoms with E-state index >= 15 is 0 Å². The van der Waals surface area contributed by atoms with Gasteiger partial charge in [-0.25, -0.2) is 0 Å². The molecule has 1 aliphatic heterocycles. The largest absolute Gasteiger partial charge is 0.313 e. The fourth-order valence-corrected chi connectivity index (χ4v) is 3.64. The van der Waals surface area contributed by atoms with E-state index in [2.05, 4.69) is 37.8 Å². The molecule has 1 saturated heterocycles. The van der Waals surface area contributed by atoms with Crippen molar-refractivity contribution in [3.05, 3.63) is 0 Å². The molecule has 0 aromatic heterocycles. The summed E-state index contributed by atoms with van der Waals surface area (Å²) in [5.74, 6) is 4.54. The molecule has 0 bridgehead atoms. The van der Waals surface area contributed by atoms with Crippen LogP contribution < -0.4 is 5.32 Å². The Morgan fingerprint density at radius 2 is 2.14 bits per heavy atom. The van der Waals surface area contributed by atoms with Crippen LogP contribution in [0, 0.1) is 11.8 Å². The molecule has 2 heteroatoms. The lowest BCUT2D eigenvalue weighted by molar-refractivity contribution is 0.385. The van der Waals surface area contributed by atoms with Crippen LogP contribution in [0.25, 0.3) is 0 Å². The Morgan fingerprint density at radius 3 is 2.79 bits per heavy atom. The summed E-state index contributed by atoms with van der Waals surface area (Å²) < 4.78 is 0. The van der Waals surface area contributed by atoms with Gasteiger partial charge in [-0.1, -0.05) is 33.6 Å². The zero-order valence-electron chi connectivity index (χ0n) is 9.88. The van der Waals surface area contributed by atoms with Crippen LogP contribution in [0.2, 0.25) is 0 Å².